The van der Waals surface area contributed by atoms with Crippen LogP contribution in [0.25, 0.3) is 0 Å². The van der Waals surface area contributed by atoms with E-state index in [1.165, 1.54) is 11.1 Å². The van der Waals surface area contributed by atoms with E-state index in [9.17, 15) is 5.11 Å². The summed E-state index contributed by atoms with van der Waals surface area (Å²) in [5.74, 6) is 2.25. The molecule has 5 heteroatoms. The molecule has 1 atom stereocenters. The van der Waals surface area contributed by atoms with E-state index in [1.54, 1.807) is 7.11 Å². The van der Waals surface area contributed by atoms with Crippen LogP contribution in [0.2, 0.25) is 0 Å². The number of hydrogen-bond donors (Lipinski definition) is 2. The molecule has 0 bridgehead atoms. The molecule has 0 saturated heterocycles. The second-order valence-electron chi connectivity index (χ2n) is 6.40. The highest BCUT2D eigenvalue weighted by molar-refractivity contribution is 5.55. The fourth-order valence-electron chi connectivity index (χ4n) is 2.97. The van der Waals surface area contributed by atoms with Gasteiger partial charge in [-0.1, -0.05) is 29.8 Å². The Kier molecular flexibility index (Phi) is 5.79. The first kappa shape index (κ1) is 17.6. The van der Waals surface area contributed by atoms with E-state index in [4.69, 9.17) is 14.2 Å². The second-order valence-corrected chi connectivity index (χ2v) is 6.40. The van der Waals surface area contributed by atoms with Crippen molar-refractivity contribution in [3.05, 3.63) is 53.1 Å². The smallest absolute Gasteiger partial charge is 0.231 e. The Balaban J connectivity index is 1.55. The molecule has 0 radical (unpaired) electrons. The SMILES string of the molecule is COc1cc(CNC[C@@H](CO)Cc2ccc(C)cc2)cc2c1OCO2. The lowest BCUT2D eigenvalue weighted by atomic mass is 9.99. The van der Waals surface area contributed by atoms with E-state index in [0.717, 1.165) is 24.3 Å². The number of fused-ring (bicyclic) bond motifs is 1. The van der Waals surface area contributed by atoms with Crippen molar-refractivity contribution in [1.82, 2.24) is 5.32 Å². The van der Waals surface area contributed by atoms with Gasteiger partial charge in [0, 0.05) is 19.7 Å². The number of rotatable bonds is 8. The third-order valence-electron chi connectivity index (χ3n) is 4.38. The zero-order chi connectivity index (χ0) is 17.6. The Morgan fingerprint density at radius 1 is 1.16 bits per heavy atom. The van der Waals surface area contributed by atoms with E-state index in [0.29, 0.717) is 18.0 Å². The van der Waals surface area contributed by atoms with Crippen LogP contribution in [0.4, 0.5) is 0 Å². The summed E-state index contributed by atoms with van der Waals surface area (Å²) < 4.78 is 16.2. The van der Waals surface area contributed by atoms with Crippen LogP contribution in [0, 0.1) is 12.8 Å². The molecule has 2 aromatic carbocycles. The number of methoxy groups -OCH3 is 1. The average Bonchev–Trinajstić information content (AvgIpc) is 3.10. The molecule has 0 unspecified atom stereocenters. The van der Waals surface area contributed by atoms with Crippen molar-refractivity contribution in [3.63, 3.8) is 0 Å². The Morgan fingerprint density at radius 2 is 1.96 bits per heavy atom. The summed E-state index contributed by atoms with van der Waals surface area (Å²) in [7, 11) is 1.62. The molecule has 1 aliphatic rings. The van der Waals surface area contributed by atoms with Crippen LogP contribution in [-0.2, 0) is 13.0 Å². The zero-order valence-corrected chi connectivity index (χ0v) is 14.7. The lowest BCUT2D eigenvalue weighted by Gasteiger charge is -2.16. The van der Waals surface area contributed by atoms with Gasteiger partial charge in [0.1, 0.15) is 0 Å². The van der Waals surface area contributed by atoms with Gasteiger partial charge in [0.2, 0.25) is 12.5 Å². The van der Waals surface area contributed by atoms with Crippen molar-refractivity contribution >= 4 is 0 Å². The fraction of sp³-hybridized carbons (Fsp3) is 0.400. The Labute approximate surface area is 148 Å². The molecule has 25 heavy (non-hydrogen) atoms. The highest BCUT2D eigenvalue weighted by atomic mass is 16.7. The number of aliphatic hydroxyl groups excluding tert-OH is 1. The summed E-state index contributed by atoms with van der Waals surface area (Å²) in [5.41, 5.74) is 3.56. The number of nitrogens with one attached hydrogen (secondary N) is 1. The van der Waals surface area contributed by atoms with Gasteiger partial charge < -0.3 is 24.6 Å². The Hall–Kier alpha value is -2.24. The maximum Gasteiger partial charge on any atom is 0.231 e. The summed E-state index contributed by atoms with van der Waals surface area (Å²) in [6.45, 7) is 3.88. The van der Waals surface area contributed by atoms with Gasteiger partial charge in [-0.2, -0.15) is 0 Å². The lowest BCUT2D eigenvalue weighted by Crippen LogP contribution is -2.26. The minimum Gasteiger partial charge on any atom is -0.493 e. The van der Waals surface area contributed by atoms with E-state index in [1.807, 2.05) is 12.1 Å². The molecule has 2 N–H and O–H groups in total. The van der Waals surface area contributed by atoms with Crippen LogP contribution >= 0.6 is 0 Å². The van der Waals surface area contributed by atoms with Gasteiger partial charge in [-0.25, -0.2) is 0 Å². The zero-order valence-electron chi connectivity index (χ0n) is 14.7. The van der Waals surface area contributed by atoms with Crippen molar-refractivity contribution in [2.75, 3.05) is 27.1 Å². The molecule has 0 spiro atoms. The van der Waals surface area contributed by atoms with Gasteiger partial charge in [0.25, 0.3) is 0 Å². The average molecular weight is 343 g/mol. The first-order valence-electron chi connectivity index (χ1n) is 8.53. The molecule has 0 aliphatic carbocycles. The van der Waals surface area contributed by atoms with Crippen molar-refractivity contribution in [2.45, 2.75) is 19.9 Å². The van der Waals surface area contributed by atoms with Crippen molar-refractivity contribution < 1.29 is 19.3 Å². The summed E-state index contributed by atoms with van der Waals surface area (Å²) in [4.78, 5) is 0. The number of hydrogen-bond acceptors (Lipinski definition) is 5. The maximum atomic E-state index is 9.65. The Morgan fingerprint density at radius 3 is 2.68 bits per heavy atom. The predicted molar refractivity (Wildman–Crippen MR) is 96.3 cm³/mol. The quantitative estimate of drug-likeness (QED) is 0.772. The lowest BCUT2D eigenvalue weighted by molar-refractivity contribution is 0.171. The molecule has 134 valence electrons. The highest BCUT2D eigenvalue weighted by Crippen LogP contribution is 2.41. The highest BCUT2D eigenvalue weighted by Gasteiger charge is 2.20. The van der Waals surface area contributed by atoms with Crippen LogP contribution in [0.5, 0.6) is 17.2 Å². The van der Waals surface area contributed by atoms with E-state index >= 15 is 0 Å². The van der Waals surface area contributed by atoms with Gasteiger partial charge in [-0.05, 0) is 42.5 Å². The van der Waals surface area contributed by atoms with Crippen LogP contribution in [0.3, 0.4) is 0 Å². The van der Waals surface area contributed by atoms with Crippen molar-refractivity contribution in [1.29, 1.82) is 0 Å². The van der Waals surface area contributed by atoms with Gasteiger partial charge in [0.15, 0.2) is 11.5 Å². The molecule has 1 heterocycles. The summed E-state index contributed by atoms with van der Waals surface area (Å²) >= 11 is 0. The van der Waals surface area contributed by atoms with Crippen LogP contribution in [0.15, 0.2) is 36.4 Å². The third-order valence-corrected chi connectivity index (χ3v) is 4.38. The largest absolute Gasteiger partial charge is 0.493 e. The number of aliphatic hydroxyl groups is 1. The van der Waals surface area contributed by atoms with Gasteiger partial charge in [-0.15, -0.1) is 0 Å². The maximum absolute atomic E-state index is 9.65. The predicted octanol–water partition coefficient (Wildman–Crippen LogP) is 2.67. The molecular weight excluding hydrogens is 318 g/mol. The van der Waals surface area contributed by atoms with Crippen molar-refractivity contribution in [3.8, 4) is 17.2 Å². The fourth-order valence-corrected chi connectivity index (χ4v) is 2.97. The molecule has 2 aromatic rings. The molecule has 1 aliphatic heterocycles. The van der Waals surface area contributed by atoms with Gasteiger partial charge in [-0.3, -0.25) is 0 Å². The third kappa shape index (κ3) is 4.44. The minimum absolute atomic E-state index is 0.158. The van der Waals surface area contributed by atoms with E-state index in [2.05, 4.69) is 36.5 Å². The molecular formula is C20H25NO4. The molecule has 0 fully saturated rings. The van der Waals surface area contributed by atoms with Crippen molar-refractivity contribution in [2.24, 2.45) is 5.92 Å². The molecule has 3 rings (SSSR count). The monoisotopic (exact) mass is 343 g/mol. The van der Waals surface area contributed by atoms with Crippen LogP contribution in [-0.4, -0.2) is 32.2 Å². The molecule has 5 nitrogen and oxygen atoms in total. The summed E-state index contributed by atoms with van der Waals surface area (Å²) in [5, 5.41) is 13.1. The molecule has 0 saturated carbocycles. The number of benzene rings is 2. The second kappa shape index (κ2) is 8.23. The first-order chi connectivity index (χ1) is 12.2. The van der Waals surface area contributed by atoms with Gasteiger partial charge in [0.05, 0.1) is 7.11 Å². The Bertz CT molecular complexity index is 700. The van der Waals surface area contributed by atoms with E-state index < -0.39 is 0 Å². The van der Waals surface area contributed by atoms with Gasteiger partial charge >= 0.3 is 0 Å². The minimum atomic E-state index is 0.158. The van der Waals surface area contributed by atoms with Crippen LogP contribution in [0.1, 0.15) is 16.7 Å². The molecule has 0 amide bonds. The topological polar surface area (TPSA) is 60.0 Å². The first-order valence-corrected chi connectivity index (χ1v) is 8.53. The molecule has 0 aromatic heterocycles. The summed E-state index contributed by atoms with van der Waals surface area (Å²) in [6.07, 6.45) is 0.855. The number of ether oxygens (including phenoxy) is 3. The normalized spacial score (nSPS) is 13.7. The van der Waals surface area contributed by atoms with E-state index in [-0.39, 0.29) is 19.3 Å². The van der Waals surface area contributed by atoms with Crippen LogP contribution < -0.4 is 19.5 Å². The number of aryl methyl sites for hydroxylation is 1. The summed E-state index contributed by atoms with van der Waals surface area (Å²) in [6, 6.07) is 12.4. The standard InChI is InChI=1S/C20H25NO4/c1-14-3-5-15(6-4-14)7-17(12-22)11-21-10-16-8-18(23-2)20-19(9-16)24-13-25-20/h3-6,8-9,17,21-22H,7,10-13H2,1-2H3/t17-/m0/s1.